The second-order valence-corrected chi connectivity index (χ2v) is 7.04. The van der Waals surface area contributed by atoms with Gasteiger partial charge >= 0.3 is 0 Å². The topological polar surface area (TPSA) is 15.3 Å². The molecule has 0 amide bonds. The van der Waals surface area contributed by atoms with Gasteiger partial charge in [-0.1, -0.05) is 26.7 Å². The molecule has 0 bridgehead atoms. The number of piperazine rings is 1. The standard InChI is InChI=1S/C15H30N2/c1-12(2)13-7-5-6-8-14(13)17-10-9-16-15(3,4)11-17/h12-14,16H,5-11H2,1-4H3. The molecule has 0 aromatic heterocycles. The fraction of sp³-hybridized carbons (Fsp3) is 1.00. The van der Waals surface area contributed by atoms with Crippen LogP contribution >= 0.6 is 0 Å². The first-order valence-corrected chi connectivity index (χ1v) is 7.49. The Labute approximate surface area is 107 Å². The molecule has 17 heavy (non-hydrogen) atoms. The van der Waals surface area contributed by atoms with Crippen molar-refractivity contribution in [1.29, 1.82) is 0 Å². The molecule has 2 fully saturated rings. The monoisotopic (exact) mass is 238 g/mol. The van der Waals surface area contributed by atoms with Gasteiger partial charge in [0.2, 0.25) is 0 Å². The molecule has 2 aliphatic rings. The predicted octanol–water partition coefficient (Wildman–Crippen LogP) is 2.89. The smallest absolute Gasteiger partial charge is 0.0252 e. The fourth-order valence-electron chi connectivity index (χ4n) is 3.83. The van der Waals surface area contributed by atoms with Crippen LogP contribution in [0.5, 0.6) is 0 Å². The van der Waals surface area contributed by atoms with E-state index >= 15 is 0 Å². The average Bonchev–Trinajstić information content (AvgIpc) is 2.27. The lowest BCUT2D eigenvalue weighted by Crippen LogP contribution is -2.61. The lowest BCUT2D eigenvalue weighted by Gasteiger charge is -2.48. The van der Waals surface area contributed by atoms with E-state index in [4.69, 9.17) is 0 Å². The minimum Gasteiger partial charge on any atom is -0.309 e. The highest BCUT2D eigenvalue weighted by atomic mass is 15.2. The van der Waals surface area contributed by atoms with Crippen LogP contribution in [0.4, 0.5) is 0 Å². The van der Waals surface area contributed by atoms with Gasteiger partial charge in [-0.05, 0) is 38.5 Å². The van der Waals surface area contributed by atoms with Crippen molar-refractivity contribution in [2.24, 2.45) is 11.8 Å². The van der Waals surface area contributed by atoms with Crippen LogP contribution in [-0.2, 0) is 0 Å². The Kier molecular flexibility index (Phi) is 4.14. The number of nitrogens with zero attached hydrogens (tertiary/aromatic N) is 1. The molecule has 2 rings (SSSR count). The molecule has 1 aliphatic heterocycles. The second-order valence-electron chi connectivity index (χ2n) is 7.04. The maximum atomic E-state index is 3.63. The van der Waals surface area contributed by atoms with Crippen molar-refractivity contribution in [1.82, 2.24) is 10.2 Å². The van der Waals surface area contributed by atoms with Crippen molar-refractivity contribution in [2.75, 3.05) is 19.6 Å². The molecule has 1 aliphatic carbocycles. The van der Waals surface area contributed by atoms with Crippen LogP contribution in [0.1, 0.15) is 53.4 Å². The molecule has 0 aromatic rings. The Morgan fingerprint density at radius 3 is 2.53 bits per heavy atom. The Morgan fingerprint density at radius 2 is 1.88 bits per heavy atom. The molecule has 0 aromatic carbocycles. The molecule has 2 atom stereocenters. The molecule has 2 unspecified atom stereocenters. The van der Waals surface area contributed by atoms with Gasteiger partial charge in [0.1, 0.15) is 0 Å². The van der Waals surface area contributed by atoms with E-state index in [-0.39, 0.29) is 0 Å². The van der Waals surface area contributed by atoms with Gasteiger partial charge in [0, 0.05) is 31.2 Å². The fourth-order valence-corrected chi connectivity index (χ4v) is 3.83. The molecule has 2 heteroatoms. The summed E-state index contributed by atoms with van der Waals surface area (Å²) in [6, 6.07) is 0.852. The average molecular weight is 238 g/mol. The summed E-state index contributed by atoms with van der Waals surface area (Å²) in [5, 5.41) is 3.63. The van der Waals surface area contributed by atoms with E-state index in [9.17, 15) is 0 Å². The van der Waals surface area contributed by atoms with Crippen LogP contribution in [0.2, 0.25) is 0 Å². The first-order valence-electron chi connectivity index (χ1n) is 7.49. The lowest BCUT2D eigenvalue weighted by molar-refractivity contribution is 0.0383. The van der Waals surface area contributed by atoms with Crippen LogP contribution in [0.25, 0.3) is 0 Å². The summed E-state index contributed by atoms with van der Waals surface area (Å²) in [7, 11) is 0. The van der Waals surface area contributed by atoms with Gasteiger partial charge in [-0.2, -0.15) is 0 Å². The van der Waals surface area contributed by atoms with Crippen molar-refractivity contribution in [3.63, 3.8) is 0 Å². The van der Waals surface area contributed by atoms with Crippen LogP contribution in [-0.4, -0.2) is 36.1 Å². The van der Waals surface area contributed by atoms with E-state index in [0.29, 0.717) is 5.54 Å². The zero-order valence-electron chi connectivity index (χ0n) is 12.1. The zero-order chi connectivity index (χ0) is 12.5. The third-order valence-electron chi connectivity index (χ3n) is 4.71. The SMILES string of the molecule is CC(C)C1CCCCC1N1CCNC(C)(C)C1. The third kappa shape index (κ3) is 3.23. The molecule has 1 saturated heterocycles. The Balaban J connectivity index is 2.03. The van der Waals surface area contributed by atoms with Crippen molar-refractivity contribution < 1.29 is 0 Å². The predicted molar refractivity (Wildman–Crippen MR) is 74.2 cm³/mol. The minimum atomic E-state index is 0.303. The minimum absolute atomic E-state index is 0.303. The van der Waals surface area contributed by atoms with Gasteiger partial charge in [0.25, 0.3) is 0 Å². The van der Waals surface area contributed by atoms with Crippen LogP contribution in [0.3, 0.4) is 0 Å². The summed E-state index contributed by atoms with van der Waals surface area (Å²) in [6.45, 7) is 13.1. The van der Waals surface area contributed by atoms with Crippen molar-refractivity contribution in [3.8, 4) is 0 Å². The number of rotatable bonds is 2. The summed E-state index contributed by atoms with van der Waals surface area (Å²) in [4.78, 5) is 2.78. The van der Waals surface area contributed by atoms with Gasteiger partial charge in [0.15, 0.2) is 0 Å². The number of hydrogen-bond acceptors (Lipinski definition) is 2. The first kappa shape index (κ1) is 13.4. The summed E-state index contributed by atoms with van der Waals surface area (Å²) >= 11 is 0. The van der Waals surface area contributed by atoms with E-state index in [2.05, 4.69) is 37.9 Å². The molecule has 0 spiro atoms. The lowest BCUT2D eigenvalue weighted by atomic mass is 9.76. The Morgan fingerprint density at radius 1 is 1.18 bits per heavy atom. The second kappa shape index (κ2) is 5.27. The van der Waals surface area contributed by atoms with Gasteiger partial charge in [-0.15, -0.1) is 0 Å². The first-order chi connectivity index (χ1) is 7.99. The maximum Gasteiger partial charge on any atom is 0.0252 e. The number of nitrogens with one attached hydrogen (secondary N) is 1. The maximum absolute atomic E-state index is 3.63. The van der Waals surface area contributed by atoms with Crippen LogP contribution in [0, 0.1) is 11.8 Å². The van der Waals surface area contributed by atoms with Gasteiger partial charge in [-0.25, -0.2) is 0 Å². The zero-order valence-corrected chi connectivity index (χ0v) is 12.1. The van der Waals surface area contributed by atoms with Crippen molar-refractivity contribution in [2.45, 2.75) is 65.0 Å². The van der Waals surface area contributed by atoms with Crippen molar-refractivity contribution >= 4 is 0 Å². The van der Waals surface area contributed by atoms with Gasteiger partial charge < -0.3 is 5.32 Å². The van der Waals surface area contributed by atoms with E-state index < -0.39 is 0 Å². The molecule has 2 nitrogen and oxygen atoms in total. The van der Waals surface area contributed by atoms with Crippen molar-refractivity contribution in [3.05, 3.63) is 0 Å². The summed E-state index contributed by atoms with van der Waals surface area (Å²) < 4.78 is 0. The summed E-state index contributed by atoms with van der Waals surface area (Å²) in [5.74, 6) is 1.77. The van der Waals surface area contributed by atoms with Gasteiger partial charge in [-0.3, -0.25) is 4.90 Å². The van der Waals surface area contributed by atoms with Crippen LogP contribution in [0.15, 0.2) is 0 Å². The molecule has 1 N–H and O–H groups in total. The van der Waals surface area contributed by atoms with Gasteiger partial charge in [0.05, 0.1) is 0 Å². The molecule has 1 saturated carbocycles. The quantitative estimate of drug-likeness (QED) is 0.796. The molecule has 0 radical (unpaired) electrons. The summed E-state index contributed by atoms with van der Waals surface area (Å²) in [6.07, 6.45) is 5.78. The van der Waals surface area contributed by atoms with Crippen LogP contribution < -0.4 is 5.32 Å². The Hall–Kier alpha value is -0.0800. The highest BCUT2D eigenvalue weighted by Gasteiger charge is 2.36. The normalized spacial score (nSPS) is 35.1. The van der Waals surface area contributed by atoms with E-state index in [0.717, 1.165) is 24.4 Å². The highest BCUT2D eigenvalue weighted by molar-refractivity contribution is 4.93. The number of hydrogen-bond donors (Lipinski definition) is 1. The largest absolute Gasteiger partial charge is 0.309 e. The highest BCUT2D eigenvalue weighted by Crippen LogP contribution is 2.34. The molecule has 1 heterocycles. The molecular weight excluding hydrogens is 208 g/mol. The molecular formula is C15H30N2. The third-order valence-corrected chi connectivity index (χ3v) is 4.71. The summed E-state index contributed by atoms with van der Waals surface area (Å²) in [5.41, 5.74) is 0.303. The van der Waals surface area contributed by atoms with E-state index in [1.165, 1.54) is 38.8 Å². The Bertz CT molecular complexity index is 247. The van der Waals surface area contributed by atoms with E-state index in [1.807, 2.05) is 0 Å². The molecule has 100 valence electrons. The van der Waals surface area contributed by atoms with E-state index in [1.54, 1.807) is 0 Å².